The van der Waals surface area contributed by atoms with Crippen LogP contribution in [-0.4, -0.2) is 29.3 Å². The van der Waals surface area contributed by atoms with Crippen LogP contribution in [0.15, 0.2) is 12.1 Å². The van der Waals surface area contributed by atoms with Gasteiger partial charge in [-0.15, -0.1) is 0 Å². The molecule has 0 unspecified atom stereocenters. The van der Waals surface area contributed by atoms with E-state index >= 15 is 0 Å². The number of halogens is 1. The van der Waals surface area contributed by atoms with Gasteiger partial charge < -0.3 is 15.3 Å². The SMILES string of the molecule is Cc1cc(N2CC(C)(C)N[C@H]3CCCC[C@@H]32)c(F)cc1O. The molecule has 1 aliphatic carbocycles. The van der Waals surface area contributed by atoms with E-state index in [1.807, 2.05) is 6.92 Å². The second-order valence-corrected chi connectivity index (χ2v) is 7.20. The fraction of sp³-hybridized carbons (Fsp3) is 0.647. The lowest BCUT2D eigenvalue weighted by Crippen LogP contribution is -2.67. The number of fused-ring (bicyclic) bond motifs is 1. The minimum absolute atomic E-state index is 0.0310. The van der Waals surface area contributed by atoms with E-state index in [2.05, 4.69) is 24.1 Å². The van der Waals surface area contributed by atoms with Crippen LogP contribution in [0, 0.1) is 12.7 Å². The Balaban J connectivity index is 2.00. The predicted molar refractivity (Wildman–Crippen MR) is 83.4 cm³/mol. The molecule has 1 saturated carbocycles. The largest absolute Gasteiger partial charge is 0.508 e. The fourth-order valence-corrected chi connectivity index (χ4v) is 3.88. The van der Waals surface area contributed by atoms with Crippen LogP contribution in [0.2, 0.25) is 0 Å². The number of aryl methyl sites for hydroxylation is 1. The maximum Gasteiger partial charge on any atom is 0.150 e. The molecule has 21 heavy (non-hydrogen) atoms. The number of hydrogen-bond acceptors (Lipinski definition) is 3. The van der Waals surface area contributed by atoms with E-state index in [1.165, 1.54) is 18.9 Å². The fourth-order valence-electron chi connectivity index (χ4n) is 3.88. The van der Waals surface area contributed by atoms with E-state index in [1.54, 1.807) is 6.07 Å². The molecule has 1 aromatic carbocycles. The van der Waals surface area contributed by atoms with Gasteiger partial charge in [0, 0.05) is 30.2 Å². The standard InChI is InChI=1S/C17H25FN2O/c1-11-8-15(12(18)9-16(11)21)20-10-17(2,3)19-13-6-4-5-7-14(13)20/h8-9,13-14,19,21H,4-7,10H2,1-3H3/t13-,14-/m0/s1. The number of rotatable bonds is 1. The zero-order valence-corrected chi connectivity index (χ0v) is 13.1. The highest BCUT2D eigenvalue weighted by molar-refractivity contribution is 5.55. The van der Waals surface area contributed by atoms with Crippen LogP contribution >= 0.6 is 0 Å². The quantitative estimate of drug-likeness (QED) is 0.833. The molecular formula is C17H25FN2O. The molecule has 3 nitrogen and oxygen atoms in total. The van der Waals surface area contributed by atoms with Gasteiger partial charge in [0.1, 0.15) is 11.6 Å². The van der Waals surface area contributed by atoms with Crippen LogP contribution in [0.25, 0.3) is 0 Å². The summed E-state index contributed by atoms with van der Waals surface area (Å²) < 4.78 is 14.4. The molecule has 1 aliphatic heterocycles. The number of nitrogens with zero attached hydrogens (tertiary/aromatic N) is 1. The van der Waals surface area contributed by atoms with Gasteiger partial charge in [0.2, 0.25) is 0 Å². The molecule has 116 valence electrons. The number of anilines is 1. The van der Waals surface area contributed by atoms with Gasteiger partial charge in [0.25, 0.3) is 0 Å². The topological polar surface area (TPSA) is 35.5 Å². The van der Waals surface area contributed by atoms with Crippen LogP contribution in [0.1, 0.15) is 45.1 Å². The van der Waals surface area contributed by atoms with Crippen molar-refractivity contribution in [2.75, 3.05) is 11.4 Å². The first-order valence-electron chi connectivity index (χ1n) is 7.91. The Morgan fingerprint density at radius 3 is 2.76 bits per heavy atom. The molecule has 0 radical (unpaired) electrons. The van der Waals surface area contributed by atoms with Crippen molar-refractivity contribution in [3.63, 3.8) is 0 Å². The molecule has 2 aliphatic rings. The van der Waals surface area contributed by atoms with E-state index in [-0.39, 0.29) is 17.1 Å². The van der Waals surface area contributed by atoms with Crippen molar-refractivity contribution < 1.29 is 9.50 Å². The summed E-state index contributed by atoms with van der Waals surface area (Å²) in [5, 5.41) is 13.4. The summed E-state index contributed by atoms with van der Waals surface area (Å²) in [6, 6.07) is 3.82. The lowest BCUT2D eigenvalue weighted by atomic mass is 9.83. The van der Waals surface area contributed by atoms with Gasteiger partial charge in [-0.3, -0.25) is 0 Å². The average Bonchev–Trinajstić information content (AvgIpc) is 2.41. The minimum Gasteiger partial charge on any atom is -0.508 e. The molecule has 3 rings (SSSR count). The number of benzene rings is 1. The summed E-state index contributed by atoms with van der Waals surface area (Å²) in [6.07, 6.45) is 4.71. The normalized spacial score (nSPS) is 28.3. The van der Waals surface area contributed by atoms with E-state index in [9.17, 15) is 9.50 Å². The Morgan fingerprint density at radius 1 is 1.29 bits per heavy atom. The third kappa shape index (κ3) is 2.73. The Labute approximate surface area is 126 Å². The van der Waals surface area contributed by atoms with E-state index < -0.39 is 0 Å². The first-order valence-corrected chi connectivity index (χ1v) is 7.91. The first kappa shape index (κ1) is 14.6. The van der Waals surface area contributed by atoms with Gasteiger partial charge >= 0.3 is 0 Å². The van der Waals surface area contributed by atoms with Crippen molar-refractivity contribution in [1.29, 1.82) is 0 Å². The van der Waals surface area contributed by atoms with Gasteiger partial charge in [0.15, 0.2) is 0 Å². The number of hydrogen-bond donors (Lipinski definition) is 2. The molecule has 0 spiro atoms. The van der Waals surface area contributed by atoms with Gasteiger partial charge in [-0.1, -0.05) is 12.8 Å². The third-order valence-corrected chi connectivity index (χ3v) is 4.85. The van der Waals surface area contributed by atoms with Crippen molar-refractivity contribution in [2.24, 2.45) is 0 Å². The van der Waals surface area contributed by atoms with Crippen molar-refractivity contribution >= 4 is 5.69 Å². The highest BCUT2D eigenvalue weighted by Crippen LogP contribution is 2.36. The number of piperazine rings is 1. The molecule has 1 aromatic rings. The highest BCUT2D eigenvalue weighted by atomic mass is 19.1. The molecule has 0 amide bonds. The third-order valence-electron chi connectivity index (χ3n) is 4.85. The monoisotopic (exact) mass is 292 g/mol. The lowest BCUT2D eigenvalue weighted by Gasteiger charge is -2.52. The molecule has 1 heterocycles. The number of phenolic OH excluding ortho intramolecular Hbond substituents is 1. The summed E-state index contributed by atoms with van der Waals surface area (Å²) in [5.41, 5.74) is 1.34. The summed E-state index contributed by atoms with van der Waals surface area (Å²) in [4.78, 5) is 2.22. The van der Waals surface area contributed by atoms with E-state index in [4.69, 9.17) is 0 Å². The molecule has 2 fully saturated rings. The zero-order valence-electron chi connectivity index (χ0n) is 13.1. The molecule has 0 aromatic heterocycles. The Hall–Kier alpha value is -1.29. The molecule has 4 heteroatoms. The smallest absolute Gasteiger partial charge is 0.150 e. The Kier molecular flexibility index (Phi) is 3.60. The molecule has 2 N–H and O–H groups in total. The van der Waals surface area contributed by atoms with E-state index in [0.717, 1.165) is 24.9 Å². The number of phenols is 1. The molecule has 2 atom stereocenters. The summed E-state index contributed by atoms with van der Waals surface area (Å²) in [6.45, 7) is 6.96. The summed E-state index contributed by atoms with van der Waals surface area (Å²) >= 11 is 0. The maximum absolute atomic E-state index is 14.4. The van der Waals surface area contributed by atoms with Crippen molar-refractivity contribution in [3.05, 3.63) is 23.5 Å². The average molecular weight is 292 g/mol. The van der Waals surface area contributed by atoms with E-state index in [0.29, 0.717) is 17.8 Å². The number of nitrogens with one attached hydrogen (secondary N) is 1. The van der Waals surface area contributed by atoms with Crippen LogP contribution in [-0.2, 0) is 0 Å². The molecular weight excluding hydrogens is 267 g/mol. The Bertz CT molecular complexity index is 544. The highest BCUT2D eigenvalue weighted by Gasteiger charge is 2.41. The minimum atomic E-state index is -0.319. The van der Waals surface area contributed by atoms with Crippen molar-refractivity contribution in [2.45, 2.75) is 64.1 Å². The Morgan fingerprint density at radius 2 is 2.00 bits per heavy atom. The van der Waals surface area contributed by atoms with Crippen LogP contribution in [0.3, 0.4) is 0 Å². The van der Waals surface area contributed by atoms with Gasteiger partial charge in [-0.25, -0.2) is 4.39 Å². The molecule has 1 saturated heterocycles. The molecule has 0 bridgehead atoms. The maximum atomic E-state index is 14.4. The predicted octanol–water partition coefficient (Wildman–Crippen LogP) is 3.34. The zero-order chi connectivity index (χ0) is 15.2. The first-order chi connectivity index (χ1) is 9.87. The number of aromatic hydroxyl groups is 1. The summed E-state index contributed by atoms with van der Waals surface area (Å²) in [7, 11) is 0. The van der Waals surface area contributed by atoms with Crippen molar-refractivity contribution in [1.82, 2.24) is 5.32 Å². The van der Waals surface area contributed by atoms with Crippen molar-refractivity contribution in [3.8, 4) is 5.75 Å². The van der Waals surface area contributed by atoms with Gasteiger partial charge in [-0.2, -0.15) is 0 Å². The van der Waals surface area contributed by atoms with Gasteiger partial charge in [-0.05, 0) is 45.2 Å². The van der Waals surface area contributed by atoms with Crippen LogP contribution < -0.4 is 10.2 Å². The second kappa shape index (κ2) is 5.16. The second-order valence-electron chi connectivity index (χ2n) is 7.20. The van der Waals surface area contributed by atoms with Crippen LogP contribution in [0.4, 0.5) is 10.1 Å². The summed E-state index contributed by atoms with van der Waals surface area (Å²) in [5.74, 6) is -0.286. The van der Waals surface area contributed by atoms with Gasteiger partial charge in [0.05, 0.1) is 5.69 Å². The lowest BCUT2D eigenvalue weighted by molar-refractivity contribution is 0.198. The van der Waals surface area contributed by atoms with Crippen LogP contribution in [0.5, 0.6) is 5.75 Å².